The molecule has 0 bridgehead atoms. The topological polar surface area (TPSA) is 61.5 Å². The first-order valence-corrected chi connectivity index (χ1v) is 6.28. The minimum Gasteiger partial charge on any atom is -0.306 e. The van der Waals surface area contributed by atoms with Gasteiger partial charge in [0.2, 0.25) is 0 Å². The minimum atomic E-state index is -0.192. The molecule has 2 aromatic heterocycles. The summed E-state index contributed by atoms with van der Waals surface area (Å²) in [5.41, 5.74) is 3.32. The lowest BCUT2D eigenvalue weighted by Crippen LogP contribution is -1.99. The number of fused-ring (bicyclic) bond motifs is 1. The Bertz CT molecular complexity index is 734. The molecule has 0 aliphatic rings. The number of aromatic amines is 2. The molecule has 3 aromatic rings. The maximum atomic E-state index is 11.2. The zero-order valence-corrected chi connectivity index (χ0v) is 10.7. The number of aryl methyl sites for hydroxylation is 1. The van der Waals surface area contributed by atoms with Crippen molar-refractivity contribution in [2.75, 3.05) is 0 Å². The average molecular weight is 263 g/mol. The third kappa shape index (κ3) is 1.79. The van der Waals surface area contributed by atoms with Crippen molar-refractivity contribution in [1.29, 1.82) is 0 Å². The lowest BCUT2D eigenvalue weighted by atomic mass is 10.2. The summed E-state index contributed by atoms with van der Waals surface area (Å²) >= 11 is 5.87. The van der Waals surface area contributed by atoms with Crippen LogP contribution < -0.4 is 5.69 Å². The van der Waals surface area contributed by atoms with Crippen LogP contribution in [-0.2, 0) is 0 Å². The second kappa shape index (κ2) is 3.75. The SMILES string of the molecule is Cc1nc(-c2ccc3[nH]c(=O)[nH]c3c2)sc1S. The molecule has 0 radical (unpaired) electrons. The van der Waals surface area contributed by atoms with Crippen LogP contribution in [0.2, 0.25) is 0 Å². The molecular formula is C11H9N3OS2. The Balaban J connectivity index is 2.20. The molecule has 0 amide bonds. The molecule has 0 saturated heterocycles. The summed E-state index contributed by atoms with van der Waals surface area (Å²) < 4.78 is 0.919. The first-order valence-electron chi connectivity index (χ1n) is 5.02. The van der Waals surface area contributed by atoms with Gasteiger partial charge in [-0.2, -0.15) is 0 Å². The van der Waals surface area contributed by atoms with Crippen molar-refractivity contribution in [3.63, 3.8) is 0 Å². The lowest BCUT2D eigenvalue weighted by Gasteiger charge is -1.95. The van der Waals surface area contributed by atoms with Crippen LogP contribution in [0, 0.1) is 6.92 Å². The highest BCUT2D eigenvalue weighted by Gasteiger charge is 2.08. The van der Waals surface area contributed by atoms with E-state index in [0.29, 0.717) is 0 Å². The summed E-state index contributed by atoms with van der Waals surface area (Å²) in [6.45, 7) is 1.93. The molecule has 0 fully saturated rings. The van der Waals surface area contributed by atoms with Gasteiger partial charge >= 0.3 is 5.69 Å². The van der Waals surface area contributed by atoms with Crippen LogP contribution in [-0.4, -0.2) is 15.0 Å². The van der Waals surface area contributed by atoms with Crippen LogP contribution >= 0.6 is 24.0 Å². The largest absolute Gasteiger partial charge is 0.323 e. The molecule has 17 heavy (non-hydrogen) atoms. The molecule has 1 aromatic carbocycles. The van der Waals surface area contributed by atoms with E-state index in [4.69, 9.17) is 0 Å². The van der Waals surface area contributed by atoms with E-state index in [1.165, 1.54) is 11.3 Å². The molecular weight excluding hydrogens is 254 g/mol. The Morgan fingerprint density at radius 2 is 2.06 bits per heavy atom. The van der Waals surface area contributed by atoms with E-state index in [2.05, 4.69) is 27.6 Å². The van der Waals surface area contributed by atoms with Gasteiger partial charge in [0.05, 0.1) is 20.9 Å². The maximum absolute atomic E-state index is 11.2. The van der Waals surface area contributed by atoms with Crippen molar-refractivity contribution in [2.45, 2.75) is 11.1 Å². The second-order valence-corrected chi connectivity index (χ2v) is 5.50. The van der Waals surface area contributed by atoms with Crippen LogP contribution in [0.15, 0.2) is 27.2 Å². The van der Waals surface area contributed by atoms with Crippen molar-refractivity contribution < 1.29 is 0 Å². The number of hydrogen-bond donors (Lipinski definition) is 3. The van der Waals surface area contributed by atoms with Gasteiger partial charge in [0.1, 0.15) is 5.01 Å². The predicted octanol–water partition coefficient (Wildman–Crippen LogP) is 2.58. The van der Waals surface area contributed by atoms with Crippen molar-refractivity contribution in [1.82, 2.24) is 15.0 Å². The van der Waals surface area contributed by atoms with Gasteiger partial charge in [0.15, 0.2) is 0 Å². The number of rotatable bonds is 1. The minimum absolute atomic E-state index is 0.192. The van der Waals surface area contributed by atoms with Crippen molar-refractivity contribution in [3.8, 4) is 10.6 Å². The van der Waals surface area contributed by atoms with Crippen molar-refractivity contribution in [2.24, 2.45) is 0 Å². The second-order valence-electron chi connectivity index (χ2n) is 3.75. The number of thiazole rings is 1. The summed E-state index contributed by atoms with van der Waals surface area (Å²) in [6.07, 6.45) is 0. The van der Waals surface area contributed by atoms with E-state index in [9.17, 15) is 4.79 Å². The molecule has 2 heterocycles. The molecule has 6 heteroatoms. The smallest absolute Gasteiger partial charge is 0.306 e. The van der Waals surface area contributed by atoms with Gasteiger partial charge in [-0.05, 0) is 25.1 Å². The zero-order chi connectivity index (χ0) is 12.0. The Labute approximate surface area is 106 Å². The lowest BCUT2D eigenvalue weighted by molar-refractivity contribution is 1.21. The summed E-state index contributed by atoms with van der Waals surface area (Å²) in [5.74, 6) is 0. The average Bonchev–Trinajstić information content (AvgIpc) is 2.80. The third-order valence-electron chi connectivity index (χ3n) is 2.54. The summed E-state index contributed by atoms with van der Waals surface area (Å²) in [4.78, 5) is 21.0. The van der Waals surface area contributed by atoms with Gasteiger partial charge in [0.25, 0.3) is 0 Å². The molecule has 3 rings (SSSR count). The Hall–Kier alpha value is -1.53. The number of aromatic nitrogens is 3. The van der Waals surface area contributed by atoms with Gasteiger partial charge in [0, 0.05) is 5.56 Å². The maximum Gasteiger partial charge on any atom is 0.323 e. The number of thiol groups is 1. The number of imidazole rings is 1. The Morgan fingerprint density at radius 1 is 1.29 bits per heavy atom. The fraction of sp³-hybridized carbons (Fsp3) is 0.0909. The monoisotopic (exact) mass is 263 g/mol. The number of nitrogens with one attached hydrogen (secondary N) is 2. The first-order chi connectivity index (χ1) is 8.13. The third-order valence-corrected chi connectivity index (χ3v) is 4.14. The Kier molecular flexibility index (Phi) is 2.34. The van der Waals surface area contributed by atoms with E-state index in [-0.39, 0.29) is 5.69 Å². The highest BCUT2D eigenvalue weighted by atomic mass is 32.2. The summed E-state index contributed by atoms with van der Waals surface area (Å²) in [6, 6.07) is 5.73. The number of H-pyrrole nitrogens is 2. The molecule has 0 spiro atoms. The predicted molar refractivity (Wildman–Crippen MR) is 72.0 cm³/mol. The molecule has 2 N–H and O–H groups in total. The highest BCUT2D eigenvalue weighted by molar-refractivity contribution is 7.83. The van der Waals surface area contributed by atoms with Gasteiger partial charge in [-0.15, -0.1) is 24.0 Å². The van der Waals surface area contributed by atoms with E-state index in [0.717, 1.165) is 31.5 Å². The number of nitrogens with zero attached hydrogens (tertiary/aromatic N) is 1. The van der Waals surface area contributed by atoms with Crippen LogP contribution in [0.25, 0.3) is 21.6 Å². The van der Waals surface area contributed by atoms with Gasteiger partial charge < -0.3 is 9.97 Å². The molecule has 0 unspecified atom stereocenters. The Morgan fingerprint density at radius 3 is 2.76 bits per heavy atom. The molecule has 0 atom stereocenters. The fourth-order valence-corrected chi connectivity index (χ4v) is 2.79. The van der Waals surface area contributed by atoms with Crippen LogP contribution in [0.5, 0.6) is 0 Å². The van der Waals surface area contributed by atoms with Gasteiger partial charge in [-0.25, -0.2) is 9.78 Å². The van der Waals surface area contributed by atoms with Gasteiger partial charge in [-0.3, -0.25) is 0 Å². The molecule has 0 aliphatic carbocycles. The zero-order valence-electron chi connectivity index (χ0n) is 8.94. The highest BCUT2D eigenvalue weighted by Crippen LogP contribution is 2.30. The molecule has 0 saturated carbocycles. The van der Waals surface area contributed by atoms with E-state index >= 15 is 0 Å². The van der Waals surface area contributed by atoms with Crippen LogP contribution in [0.3, 0.4) is 0 Å². The molecule has 0 aliphatic heterocycles. The van der Waals surface area contributed by atoms with Crippen molar-refractivity contribution >= 4 is 35.0 Å². The van der Waals surface area contributed by atoms with Crippen LogP contribution in [0.4, 0.5) is 0 Å². The van der Waals surface area contributed by atoms with E-state index in [1.807, 2.05) is 25.1 Å². The summed E-state index contributed by atoms with van der Waals surface area (Å²) in [7, 11) is 0. The molecule has 4 nitrogen and oxygen atoms in total. The van der Waals surface area contributed by atoms with Crippen molar-refractivity contribution in [3.05, 3.63) is 34.4 Å². The standard InChI is InChI=1S/C11H9N3OS2/c1-5-10(16)17-9(12-5)6-2-3-7-8(4-6)14-11(15)13-7/h2-4,16H,1H3,(H2,13,14,15). The summed E-state index contributed by atoms with van der Waals surface area (Å²) in [5, 5.41) is 0.913. The van der Waals surface area contributed by atoms with Crippen LogP contribution in [0.1, 0.15) is 5.69 Å². The normalized spacial score (nSPS) is 11.2. The number of hydrogen-bond acceptors (Lipinski definition) is 4. The van der Waals surface area contributed by atoms with E-state index < -0.39 is 0 Å². The first kappa shape index (κ1) is 10.6. The molecule has 86 valence electrons. The fourth-order valence-electron chi connectivity index (χ4n) is 1.68. The number of benzene rings is 1. The quantitative estimate of drug-likeness (QED) is 0.591. The van der Waals surface area contributed by atoms with E-state index in [1.54, 1.807) is 0 Å². The van der Waals surface area contributed by atoms with Gasteiger partial charge in [-0.1, -0.05) is 0 Å².